The lowest BCUT2D eigenvalue weighted by atomic mass is 10.1. The minimum atomic E-state index is -0.586. The lowest BCUT2D eigenvalue weighted by Gasteiger charge is -2.11. The zero-order chi connectivity index (χ0) is 17.0. The Bertz CT molecular complexity index is 792. The zero-order valence-electron chi connectivity index (χ0n) is 12.0. The molecule has 23 heavy (non-hydrogen) atoms. The van der Waals surface area contributed by atoms with Crippen LogP contribution in [0, 0.1) is 10.1 Å². The van der Waals surface area contributed by atoms with Gasteiger partial charge < -0.3 is 10.6 Å². The van der Waals surface area contributed by atoms with Crippen LogP contribution in [0.15, 0.2) is 42.5 Å². The van der Waals surface area contributed by atoms with E-state index in [1.807, 2.05) is 0 Å². The van der Waals surface area contributed by atoms with Crippen LogP contribution >= 0.6 is 11.6 Å². The van der Waals surface area contributed by atoms with E-state index in [0.717, 1.165) is 0 Å². The Labute approximate surface area is 136 Å². The zero-order valence-corrected chi connectivity index (χ0v) is 12.8. The molecule has 0 spiro atoms. The van der Waals surface area contributed by atoms with Gasteiger partial charge in [-0.15, -0.1) is 0 Å². The summed E-state index contributed by atoms with van der Waals surface area (Å²) in [6, 6.07) is 10.1. The highest BCUT2D eigenvalue weighted by molar-refractivity contribution is 6.34. The van der Waals surface area contributed by atoms with Crippen molar-refractivity contribution in [2.45, 2.75) is 6.92 Å². The molecule has 0 aliphatic heterocycles. The van der Waals surface area contributed by atoms with Crippen LogP contribution in [0.1, 0.15) is 17.3 Å². The molecule has 0 aromatic heterocycles. The number of benzene rings is 2. The molecule has 0 bridgehead atoms. The predicted molar refractivity (Wildman–Crippen MR) is 86.8 cm³/mol. The van der Waals surface area contributed by atoms with Crippen LogP contribution in [0.4, 0.5) is 17.1 Å². The smallest absolute Gasteiger partial charge is 0.271 e. The number of nitro groups is 1. The maximum atomic E-state index is 12.4. The molecular weight excluding hydrogens is 322 g/mol. The molecule has 0 saturated heterocycles. The van der Waals surface area contributed by atoms with Crippen molar-refractivity contribution in [2.24, 2.45) is 0 Å². The van der Waals surface area contributed by atoms with Crippen molar-refractivity contribution in [2.75, 3.05) is 10.6 Å². The van der Waals surface area contributed by atoms with Crippen molar-refractivity contribution in [3.8, 4) is 0 Å². The monoisotopic (exact) mass is 333 g/mol. The van der Waals surface area contributed by atoms with Crippen molar-refractivity contribution >= 4 is 40.5 Å². The average molecular weight is 334 g/mol. The first-order chi connectivity index (χ1) is 10.9. The van der Waals surface area contributed by atoms with Gasteiger partial charge in [0.25, 0.3) is 11.6 Å². The lowest BCUT2D eigenvalue weighted by Crippen LogP contribution is -2.16. The van der Waals surface area contributed by atoms with Gasteiger partial charge in [-0.05, 0) is 18.2 Å². The lowest BCUT2D eigenvalue weighted by molar-refractivity contribution is -0.384. The van der Waals surface area contributed by atoms with E-state index in [4.69, 9.17) is 11.6 Å². The highest BCUT2D eigenvalue weighted by Crippen LogP contribution is 2.27. The number of carbonyl (C=O) groups excluding carboxylic acids is 2. The summed E-state index contributed by atoms with van der Waals surface area (Å²) in [6.07, 6.45) is 0. The number of non-ortho nitro benzene ring substituents is 1. The number of rotatable bonds is 4. The summed E-state index contributed by atoms with van der Waals surface area (Å²) in [5.74, 6) is -0.865. The van der Waals surface area contributed by atoms with Crippen LogP contribution in [-0.4, -0.2) is 16.7 Å². The quantitative estimate of drug-likeness (QED) is 0.660. The Morgan fingerprint density at radius 3 is 2.43 bits per heavy atom. The summed E-state index contributed by atoms with van der Waals surface area (Å²) in [5, 5.41) is 16.0. The minimum Gasteiger partial charge on any atom is -0.326 e. The third-order valence-corrected chi connectivity index (χ3v) is 3.22. The first-order valence-corrected chi connectivity index (χ1v) is 6.88. The second kappa shape index (κ2) is 6.89. The molecule has 8 heteroatoms. The minimum absolute atomic E-state index is 0.114. The fourth-order valence-corrected chi connectivity index (χ4v) is 2.06. The van der Waals surface area contributed by atoms with Gasteiger partial charge in [0.05, 0.1) is 26.9 Å². The maximum absolute atomic E-state index is 12.4. The molecule has 2 rings (SSSR count). The number of amides is 2. The van der Waals surface area contributed by atoms with Crippen LogP contribution in [-0.2, 0) is 4.79 Å². The van der Waals surface area contributed by atoms with E-state index in [0.29, 0.717) is 5.69 Å². The number of hydrogen-bond donors (Lipinski definition) is 2. The van der Waals surface area contributed by atoms with Crippen molar-refractivity contribution in [3.63, 3.8) is 0 Å². The van der Waals surface area contributed by atoms with E-state index < -0.39 is 10.8 Å². The number of nitrogens with one attached hydrogen (secondary N) is 2. The summed E-state index contributed by atoms with van der Waals surface area (Å²) in [6.45, 7) is 1.33. The van der Waals surface area contributed by atoms with Crippen molar-refractivity contribution in [1.82, 2.24) is 0 Å². The highest BCUT2D eigenvalue weighted by atomic mass is 35.5. The molecule has 2 N–H and O–H groups in total. The van der Waals surface area contributed by atoms with Crippen LogP contribution in [0.2, 0.25) is 5.02 Å². The fourth-order valence-electron chi connectivity index (χ4n) is 1.89. The van der Waals surface area contributed by atoms with Crippen molar-refractivity contribution in [3.05, 3.63) is 63.2 Å². The van der Waals surface area contributed by atoms with Crippen LogP contribution in [0.25, 0.3) is 0 Å². The Morgan fingerprint density at radius 2 is 1.78 bits per heavy atom. The van der Waals surface area contributed by atoms with Gasteiger partial charge in [0.1, 0.15) is 0 Å². The highest BCUT2D eigenvalue weighted by Gasteiger charge is 2.16. The standard InChI is InChI=1S/C15H12ClN3O4/c1-9(20)17-13-5-3-2-4-11(13)15(21)18-14-8-10(19(22)23)6-7-12(14)16/h2-8H,1H3,(H,17,20)(H,18,21). The van der Waals surface area contributed by atoms with E-state index in [9.17, 15) is 19.7 Å². The molecule has 2 aromatic carbocycles. The second-order valence-corrected chi connectivity index (χ2v) is 5.01. The summed E-state index contributed by atoms with van der Waals surface area (Å²) in [5.41, 5.74) is 0.465. The molecule has 0 heterocycles. The number of halogens is 1. The Morgan fingerprint density at radius 1 is 1.09 bits per heavy atom. The number of nitro benzene ring substituents is 1. The predicted octanol–water partition coefficient (Wildman–Crippen LogP) is 3.46. The first-order valence-electron chi connectivity index (χ1n) is 6.50. The van der Waals surface area contributed by atoms with Gasteiger partial charge in [0, 0.05) is 19.1 Å². The molecule has 118 valence electrons. The van der Waals surface area contributed by atoms with Crippen LogP contribution in [0.5, 0.6) is 0 Å². The summed E-state index contributed by atoms with van der Waals surface area (Å²) >= 11 is 5.95. The molecule has 7 nitrogen and oxygen atoms in total. The van der Waals surface area contributed by atoms with Gasteiger partial charge in [0.15, 0.2) is 0 Å². The van der Waals surface area contributed by atoms with Gasteiger partial charge in [-0.3, -0.25) is 19.7 Å². The third-order valence-electron chi connectivity index (χ3n) is 2.89. The molecule has 0 unspecified atom stereocenters. The van der Waals surface area contributed by atoms with Gasteiger partial charge >= 0.3 is 0 Å². The molecule has 0 saturated carbocycles. The molecular formula is C15H12ClN3O4. The molecule has 0 atom stereocenters. The number of anilines is 2. The van der Waals surface area contributed by atoms with E-state index in [-0.39, 0.29) is 27.9 Å². The van der Waals surface area contributed by atoms with E-state index in [1.54, 1.807) is 18.2 Å². The fraction of sp³-hybridized carbons (Fsp3) is 0.0667. The van der Waals surface area contributed by atoms with Gasteiger partial charge in [-0.25, -0.2) is 0 Å². The molecule has 0 aliphatic carbocycles. The molecule has 0 fully saturated rings. The van der Waals surface area contributed by atoms with Gasteiger partial charge in [0.2, 0.25) is 5.91 Å². The van der Waals surface area contributed by atoms with Crippen molar-refractivity contribution in [1.29, 1.82) is 0 Å². The summed E-state index contributed by atoms with van der Waals surface area (Å²) < 4.78 is 0. The van der Waals surface area contributed by atoms with E-state index in [2.05, 4.69) is 10.6 Å². The van der Waals surface area contributed by atoms with Crippen molar-refractivity contribution < 1.29 is 14.5 Å². The van der Waals surface area contributed by atoms with Gasteiger partial charge in [-0.2, -0.15) is 0 Å². The Balaban J connectivity index is 2.31. The molecule has 2 aromatic rings. The number of nitrogens with zero attached hydrogens (tertiary/aromatic N) is 1. The molecule has 0 aliphatic rings. The van der Waals surface area contributed by atoms with E-state index >= 15 is 0 Å². The second-order valence-electron chi connectivity index (χ2n) is 4.60. The van der Waals surface area contributed by atoms with Crippen LogP contribution in [0.3, 0.4) is 0 Å². The normalized spacial score (nSPS) is 10.0. The van der Waals surface area contributed by atoms with E-state index in [1.165, 1.54) is 31.2 Å². The van der Waals surface area contributed by atoms with Crippen LogP contribution < -0.4 is 10.6 Å². The summed E-state index contributed by atoms with van der Waals surface area (Å²) in [4.78, 5) is 33.8. The third kappa shape index (κ3) is 4.04. The SMILES string of the molecule is CC(=O)Nc1ccccc1C(=O)Nc1cc([N+](=O)[O-])ccc1Cl. The molecule has 2 amide bonds. The molecule has 0 radical (unpaired) electrons. The number of carbonyl (C=O) groups is 2. The van der Waals surface area contributed by atoms with Gasteiger partial charge in [-0.1, -0.05) is 23.7 Å². The number of hydrogen-bond acceptors (Lipinski definition) is 4. The largest absolute Gasteiger partial charge is 0.326 e. The average Bonchev–Trinajstić information content (AvgIpc) is 2.49. The summed E-state index contributed by atoms with van der Waals surface area (Å²) in [7, 11) is 0. The topological polar surface area (TPSA) is 101 Å². The first kappa shape index (κ1) is 16.4. The number of para-hydroxylation sites is 1. The Hall–Kier alpha value is -2.93. The maximum Gasteiger partial charge on any atom is 0.271 e. The Kier molecular flexibility index (Phi) is 4.92.